The number of hydrogen-bond acceptors (Lipinski definition) is 6. The second kappa shape index (κ2) is 6.74. The molecule has 7 heteroatoms. The summed E-state index contributed by atoms with van der Waals surface area (Å²) in [4.78, 5) is 8.92. The van der Waals surface area contributed by atoms with Gasteiger partial charge in [0.1, 0.15) is 14.8 Å². The molecule has 0 aliphatic rings. The summed E-state index contributed by atoms with van der Waals surface area (Å²) in [5, 5.41) is 7.15. The van der Waals surface area contributed by atoms with E-state index in [-0.39, 0.29) is 5.75 Å². The summed E-state index contributed by atoms with van der Waals surface area (Å²) in [7, 11) is -2.92. The minimum atomic E-state index is -2.92. The van der Waals surface area contributed by atoms with Gasteiger partial charge in [-0.1, -0.05) is 6.07 Å². The van der Waals surface area contributed by atoms with Crippen LogP contribution in [0.25, 0.3) is 21.5 Å². The molecule has 0 aliphatic heterocycles. The summed E-state index contributed by atoms with van der Waals surface area (Å²) in [5.41, 5.74) is 2.96. The number of hydrogen-bond donors (Lipinski definition) is 1. The quantitative estimate of drug-likeness (QED) is 0.694. The highest BCUT2D eigenvalue weighted by Crippen LogP contribution is 2.26. The van der Waals surface area contributed by atoms with E-state index in [1.807, 2.05) is 29.6 Å². The molecule has 0 fully saturated rings. The lowest BCUT2D eigenvalue weighted by Crippen LogP contribution is -2.22. The maximum Gasteiger partial charge on any atom is 0.148 e. The Morgan fingerprint density at radius 3 is 2.96 bits per heavy atom. The van der Waals surface area contributed by atoms with Gasteiger partial charge in [0.25, 0.3) is 0 Å². The van der Waals surface area contributed by atoms with E-state index in [1.165, 1.54) is 6.26 Å². The molecule has 0 atom stereocenters. The Morgan fingerprint density at radius 2 is 2.13 bits per heavy atom. The number of benzene rings is 1. The van der Waals surface area contributed by atoms with Gasteiger partial charge in [0, 0.05) is 41.9 Å². The molecule has 1 aromatic carbocycles. The molecular formula is C16H17N3O2S2. The minimum Gasteiger partial charge on any atom is -0.310 e. The summed E-state index contributed by atoms with van der Waals surface area (Å²) in [6.07, 6.45) is 3.02. The van der Waals surface area contributed by atoms with Crippen LogP contribution in [0.2, 0.25) is 0 Å². The number of nitrogens with zero attached hydrogens (tertiary/aromatic N) is 2. The van der Waals surface area contributed by atoms with Crippen LogP contribution in [0.5, 0.6) is 0 Å². The van der Waals surface area contributed by atoms with Gasteiger partial charge in [-0.3, -0.25) is 4.98 Å². The fraction of sp³-hybridized carbons (Fsp3) is 0.250. The van der Waals surface area contributed by atoms with Gasteiger partial charge in [-0.2, -0.15) is 0 Å². The van der Waals surface area contributed by atoms with Crippen molar-refractivity contribution in [1.29, 1.82) is 0 Å². The highest BCUT2D eigenvalue weighted by Gasteiger charge is 2.07. The van der Waals surface area contributed by atoms with Crippen molar-refractivity contribution in [3.05, 3.63) is 47.6 Å². The molecule has 23 heavy (non-hydrogen) atoms. The van der Waals surface area contributed by atoms with Gasteiger partial charge in [0.2, 0.25) is 0 Å². The number of thiazole rings is 1. The Kier molecular flexibility index (Phi) is 4.70. The van der Waals surface area contributed by atoms with E-state index in [0.717, 1.165) is 27.2 Å². The SMILES string of the molecule is CS(=O)(=O)CCNCc1csc(-c2ccc3ncccc3c2)n1. The van der Waals surface area contributed by atoms with Crippen LogP contribution in [0.1, 0.15) is 5.69 Å². The predicted octanol–water partition coefficient (Wildman–Crippen LogP) is 2.49. The first-order valence-corrected chi connectivity index (χ1v) is 10.1. The van der Waals surface area contributed by atoms with E-state index < -0.39 is 9.84 Å². The Hall–Kier alpha value is -1.83. The van der Waals surface area contributed by atoms with Gasteiger partial charge < -0.3 is 5.32 Å². The van der Waals surface area contributed by atoms with E-state index >= 15 is 0 Å². The second-order valence-corrected chi connectivity index (χ2v) is 8.48. The molecule has 2 aromatic heterocycles. The zero-order chi connectivity index (χ0) is 16.3. The van der Waals surface area contributed by atoms with Gasteiger partial charge in [-0.25, -0.2) is 13.4 Å². The highest BCUT2D eigenvalue weighted by atomic mass is 32.2. The van der Waals surface area contributed by atoms with E-state index in [4.69, 9.17) is 0 Å². The van der Waals surface area contributed by atoms with E-state index in [9.17, 15) is 8.42 Å². The van der Waals surface area contributed by atoms with Crippen LogP contribution in [0.15, 0.2) is 41.9 Å². The van der Waals surface area contributed by atoms with Crippen LogP contribution in [-0.2, 0) is 16.4 Å². The van der Waals surface area contributed by atoms with E-state index in [2.05, 4.69) is 21.4 Å². The third kappa shape index (κ3) is 4.34. The second-order valence-electron chi connectivity index (χ2n) is 5.36. The van der Waals surface area contributed by atoms with Crippen molar-refractivity contribution in [1.82, 2.24) is 15.3 Å². The van der Waals surface area contributed by atoms with Gasteiger partial charge >= 0.3 is 0 Å². The maximum atomic E-state index is 11.1. The Balaban J connectivity index is 1.68. The molecule has 0 saturated heterocycles. The van der Waals surface area contributed by atoms with Gasteiger partial charge in [-0.05, 0) is 24.3 Å². The van der Waals surface area contributed by atoms with Crippen LogP contribution in [0.4, 0.5) is 0 Å². The van der Waals surface area contributed by atoms with Crippen LogP contribution < -0.4 is 5.32 Å². The summed E-state index contributed by atoms with van der Waals surface area (Å²) >= 11 is 1.59. The van der Waals surface area contributed by atoms with Crippen molar-refractivity contribution in [3.8, 4) is 10.6 Å². The van der Waals surface area contributed by atoms with E-state index in [1.54, 1.807) is 17.5 Å². The molecule has 0 unspecified atom stereocenters. The maximum absolute atomic E-state index is 11.1. The Morgan fingerprint density at radius 1 is 1.26 bits per heavy atom. The molecule has 0 spiro atoms. The van der Waals surface area contributed by atoms with Crippen molar-refractivity contribution in [2.45, 2.75) is 6.54 Å². The topological polar surface area (TPSA) is 72.0 Å². The van der Waals surface area contributed by atoms with Gasteiger partial charge in [0.15, 0.2) is 0 Å². The first kappa shape index (κ1) is 16.0. The van der Waals surface area contributed by atoms with Gasteiger partial charge in [-0.15, -0.1) is 11.3 Å². The standard InChI is InChI=1S/C16H17N3O2S2/c1-23(20,21)8-7-17-10-14-11-22-16(19-14)13-4-5-15-12(9-13)3-2-6-18-15/h2-6,9,11,17H,7-8,10H2,1H3. The third-order valence-corrected chi connectivity index (χ3v) is 5.24. The Labute approximate surface area is 139 Å². The zero-order valence-corrected chi connectivity index (χ0v) is 14.3. The molecular weight excluding hydrogens is 330 g/mol. The average molecular weight is 347 g/mol. The fourth-order valence-corrected chi connectivity index (χ4v) is 3.54. The predicted molar refractivity (Wildman–Crippen MR) is 94.3 cm³/mol. The molecule has 0 aliphatic carbocycles. The molecule has 3 rings (SSSR count). The summed E-state index contributed by atoms with van der Waals surface area (Å²) in [5.74, 6) is 0.141. The number of rotatable bonds is 6. The molecule has 0 bridgehead atoms. The lowest BCUT2D eigenvalue weighted by atomic mass is 10.1. The van der Waals surface area contributed by atoms with Crippen molar-refractivity contribution in [2.75, 3.05) is 18.6 Å². The molecule has 0 amide bonds. The largest absolute Gasteiger partial charge is 0.310 e. The van der Waals surface area contributed by atoms with E-state index in [0.29, 0.717) is 13.1 Å². The summed E-state index contributed by atoms with van der Waals surface area (Å²) in [6.45, 7) is 1.01. The van der Waals surface area contributed by atoms with Crippen LogP contribution in [-0.4, -0.2) is 36.9 Å². The lowest BCUT2D eigenvalue weighted by molar-refractivity contribution is 0.596. The fourth-order valence-electron chi connectivity index (χ4n) is 2.20. The number of aromatic nitrogens is 2. The van der Waals surface area contributed by atoms with Crippen LogP contribution >= 0.6 is 11.3 Å². The van der Waals surface area contributed by atoms with Gasteiger partial charge in [0.05, 0.1) is 17.0 Å². The lowest BCUT2D eigenvalue weighted by Gasteiger charge is -2.01. The molecule has 5 nitrogen and oxygen atoms in total. The third-order valence-electron chi connectivity index (χ3n) is 3.36. The summed E-state index contributed by atoms with van der Waals surface area (Å²) in [6, 6.07) is 10.1. The minimum absolute atomic E-state index is 0.141. The molecule has 2 heterocycles. The van der Waals surface area contributed by atoms with Crippen molar-refractivity contribution < 1.29 is 8.42 Å². The number of pyridine rings is 1. The van der Waals surface area contributed by atoms with Crippen molar-refractivity contribution >= 4 is 32.1 Å². The molecule has 120 valence electrons. The first-order valence-electron chi connectivity index (χ1n) is 7.19. The molecule has 3 aromatic rings. The Bertz CT molecular complexity index is 920. The normalized spacial score (nSPS) is 11.9. The average Bonchev–Trinajstić information content (AvgIpc) is 2.99. The molecule has 0 saturated carbocycles. The number of nitrogens with one attached hydrogen (secondary N) is 1. The first-order chi connectivity index (χ1) is 11.0. The van der Waals surface area contributed by atoms with Crippen molar-refractivity contribution in [2.24, 2.45) is 0 Å². The highest BCUT2D eigenvalue weighted by molar-refractivity contribution is 7.90. The molecule has 0 radical (unpaired) electrons. The monoisotopic (exact) mass is 347 g/mol. The van der Waals surface area contributed by atoms with Crippen LogP contribution in [0.3, 0.4) is 0 Å². The number of sulfone groups is 1. The number of fused-ring (bicyclic) bond motifs is 1. The zero-order valence-electron chi connectivity index (χ0n) is 12.7. The summed E-state index contributed by atoms with van der Waals surface area (Å²) < 4.78 is 22.2. The van der Waals surface area contributed by atoms with Crippen LogP contribution in [0, 0.1) is 0 Å². The van der Waals surface area contributed by atoms with Crippen molar-refractivity contribution in [3.63, 3.8) is 0 Å². The smallest absolute Gasteiger partial charge is 0.148 e. The molecule has 1 N–H and O–H groups in total.